The van der Waals surface area contributed by atoms with Crippen molar-refractivity contribution in [2.45, 2.75) is 32.9 Å². The van der Waals surface area contributed by atoms with Gasteiger partial charge in [0.05, 0.1) is 17.9 Å². The van der Waals surface area contributed by atoms with Crippen LogP contribution in [-0.2, 0) is 30.4 Å². The largest absolute Gasteiger partial charge is 0.467 e. The quantitative estimate of drug-likeness (QED) is 0.587. The molecule has 0 bridgehead atoms. The van der Waals surface area contributed by atoms with E-state index < -0.39 is 48.2 Å². The minimum atomic E-state index is -0.897. The normalized spacial score (nSPS) is 11.9. The molecule has 10 heteroatoms. The molecule has 0 saturated heterocycles. The molecule has 0 aliphatic carbocycles. The summed E-state index contributed by atoms with van der Waals surface area (Å²) in [6.45, 7) is 2.55. The first-order chi connectivity index (χ1) is 13.7. The number of aromatic nitrogens is 2. The molecule has 10 nitrogen and oxygen atoms in total. The van der Waals surface area contributed by atoms with Crippen molar-refractivity contribution >= 4 is 28.6 Å². The third-order valence-corrected chi connectivity index (χ3v) is 4.06. The van der Waals surface area contributed by atoms with Crippen LogP contribution in [-0.4, -0.2) is 47.4 Å². The van der Waals surface area contributed by atoms with E-state index >= 15 is 0 Å². The maximum absolute atomic E-state index is 12.4. The molecule has 0 saturated carbocycles. The number of ether oxygens (including phenoxy) is 2. The van der Waals surface area contributed by atoms with E-state index in [4.69, 9.17) is 4.74 Å². The minimum Gasteiger partial charge on any atom is -0.467 e. The van der Waals surface area contributed by atoms with Crippen molar-refractivity contribution in [2.75, 3.05) is 13.7 Å². The van der Waals surface area contributed by atoms with Crippen LogP contribution in [0, 0.1) is 5.92 Å². The number of rotatable bonds is 8. The highest BCUT2D eigenvalue weighted by Gasteiger charge is 2.23. The summed E-state index contributed by atoms with van der Waals surface area (Å²) in [5.74, 6) is -2.06. The number of benzene rings is 1. The van der Waals surface area contributed by atoms with Gasteiger partial charge in [-0.1, -0.05) is 26.0 Å². The van der Waals surface area contributed by atoms with E-state index in [1.807, 2.05) is 13.8 Å². The zero-order valence-electron chi connectivity index (χ0n) is 16.4. The van der Waals surface area contributed by atoms with Gasteiger partial charge in [0.1, 0.15) is 12.6 Å². The Kier molecular flexibility index (Phi) is 7.29. The van der Waals surface area contributed by atoms with Gasteiger partial charge >= 0.3 is 11.9 Å². The molecule has 1 atom stereocenters. The van der Waals surface area contributed by atoms with Crippen molar-refractivity contribution in [1.82, 2.24) is 15.1 Å². The van der Waals surface area contributed by atoms with Crippen molar-refractivity contribution in [3.05, 3.63) is 45.0 Å². The Morgan fingerprint density at radius 3 is 2.41 bits per heavy atom. The topological polar surface area (TPSA) is 137 Å². The number of methoxy groups -OCH3 is 1. The number of hydrogen-bond donors (Lipinski definition) is 2. The summed E-state index contributed by atoms with van der Waals surface area (Å²) in [6, 6.07) is 5.34. The van der Waals surface area contributed by atoms with Crippen molar-refractivity contribution < 1.29 is 23.9 Å². The lowest BCUT2D eigenvalue weighted by atomic mass is 10.0. The van der Waals surface area contributed by atoms with Crippen LogP contribution in [0.25, 0.3) is 10.8 Å². The summed E-state index contributed by atoms with van der Waals surface area (Å²) in [6.07, 6.45) is 0.361. The first-order valence-corrected chi connectivity index (χ1v) is 8.97. The van der Waals surface area contributed by atoms with E-state index in [0.29, 0.717) is 6.42 Å². The number of aromatic amines is 1. The zero-order valence-corrected chi connectivity index (χ0v) is 16.4. The highest BCUT2D eigenvalue weighted by atomic mass is 16.5. The molecule has 0 fully saturated rings. The molecule has 2 rings (SSSR count). The summed E-state index contributed by atoms with van der Waals surface area (Å²) < 4.78 is 10.3. The molecular formula is C19H23N3O7. The molecule has 1 amide bonds. The van der Waals surface area contributed by atoms with Crippen LogP contribution in [0.1, 0.15) is 20.3 Å². The second-order valence-corrected chi connectivity index (χ2v) is 6.81. The first-order valence-electron chi connectivity index (χ1n) is 8.97. The Morgan fingerprint density at radius 1 is 1.14 bits per heavy atom. The second-order valence-electron chi connectivity index (χ2n) is 6.81. The monoisotopic (exact) mass is 405 g/mol. The average Bonchev–Trinajstić information content (AvgIpc) is 2.69. The molecular weight excluding hydrogens is 382 g/mol. The maximum Gasteiger partial charge on any atom is 0.328 e. The van der Waals surface area contributed by atoms with E-state index in [-0.39, 0.29) is 16.7 Å². The molecule has 29 heavy (non-hydrogen) atoms. The lowest BCUT2D eigenvalue weighted by Crippen LogP contribution is -2.44. The summed E-state index contributed by atoms with van der Waals surface area (Å²) in [5, 5.41) is 5.12. The second kappa shape index (κ2) is 9.67. The van der Waals surface area contributed by atoms with Gasteiger partial charge in [-0.15, -0.1) is 0 Å². The number of nitrogens with one attached hydrogen (secondary N) is 2. The van der Waals surface area contributed by atoms with Crippen LogP contribution in [0.2, 0.25) is 0 Å². The number of fused-ring (bicyclic) bond motifs is 1. The van der Waals surface area contributed by atoms with Gasteiger partial charge < -0.3 is 14.8 Å². The third kappa shape index (κ3) is 5.77. The standard InChI is InChI=1S/C19H23N3O7/c1-11(2)8-14(19(27)28-3)20-15(23)10-29-16(24)9-22-18(26)13-7-5-4-6-12(13)17(25)21-22/h4-7,11,14H,8-10H2,1-3H3,(H,20,23)(H,21,25)/t14-/m0/s1. The van der Waals surface area contributed by atoms with Crippen molar-refractivity contribution in [2.24, 2.45) is 5.92 Å². The number of hydrogen-bond acceptors (Lipinski definition) is 7. The Balaban J connectivity index is 1.99. The lowest BCUT2D eigenvalue weighted by Gasteiger charge is -2.18. The highest BCUT2D eigenvalue weighted by Crippen LogP contribution is 2.06. The van der Waals surface area contributed by atoms with Gasteiger partial charge in [-0.25, -0.2) is 9.48 Å². The van der Waals surface area contributed by atoms with Gasteiger partial charge in [-0.05, 0) is 24.5 Å². The van der Waals surface area contributed by atoms with Crippen LogP contribution in [0.5, 0.6) is 0 Å². The molecule has 156 valence electrons. The molecule has 0 radical (unpaired) electrons. The Hall–Kier alpha value is -3.43. The molecule has 0 unspecified atom stereocenters. The number of amides is 1. The van der Waals surface area contributed by atoms with Crippen molar-refractivity contribution in [3.63, 3.8) is 0 Å². The van der Waals surface area contributed by atoms with Crippen LogP contribution in [0.3, 0.4) is 0 Å². The molecule has 1 heterocycles. The number of carbonyl (C=O) groups excluding carboxylic acids is 3. The number of carbonyl (C=O) groups is 3. The van der Waals surface area contributed by atoms with E-state index in [1.165, 1.54) is 19.2 Å². The summed E-state index contributed by atoms with van der Waals surface area (Å²) in [7, 11) is 1.21. The van der Waals surface area contributed by atoms with E-state index in [9.17, 15) is 24.0 Å². The molecule has 2 aromatic rings. The van der Waals surface area contributed by atoms with E-state index in [0.717, 1.165) is 4.68 Å². The smallest absolute Gasteiger partial charge is 0.328 e. The van der Waals surface area contributed by atoms with Crippen LogP contribution < -0.4 is 16.4 Å². The Morgan fingerprint density at radius 2 is 1.79 bits per heavy atom. The van der Waals surface area contributed by atoms with E-state index in [1.54, 1.807) is 12.1 Å². The minimum absolute atomic E-state index is 0.124. The number of H-pyrrole nitrogens is 1. The number of nitrogens with zero attached hydrogens (tertiary/aromatic N) is 1. The summed E-state index contributed by atoms with van der Waals surface area (Å²) in [5.41, 5.74) is -1.09. The van der Waals surface area contributed by atoms with Crippen LogP contribution in [0.15, 0.2) is 33.9 Å². The SMILES string of the molecule is COC(=O)[C@H](CC(C)C)NC(=O)COC(=O)Cn1[nH]c(=O)c2ccccc2c1=O. The molecule has 0 aliphatic heterocycles. The zero-order chi connectivity index (χ0) is 21.6. The fourth-order valence-electron chi connectivity index (χ4n) is 2.74. The van der Waals surface area contributed by atoms with Gasteiger partial charge in [0, 0.05) is 0 Å². The van der Waals surface area contributed by atoms with Crippen LogP contribution in [0.4, 0.5) is 0 Å². The molecule has 0 aliphatic rings. The molecule has 2 N–H and O–H groups in total. The van der Waals surface area contributed by atoms with Gasteiger partial charge in [-0.3, -0.25) is 24.3 Å². The molecule has 0 spiro atoms. The number of esters is 2. The Labute approximate surface area is 165 Å². The van der Waals surface area contributed by atoms with Crippen molar-refractivity contribution in [1.29, 1.82) is 0 Å². The third-order valence-electron chi connectivity index (χ3n) is 4.06. The predicted octanol–water partition coefficient (Wildman–Crippen LogP) is -0.0631. The van der Waals surface area contributed by atoms with Crippen LogP contribution >= 0.6 is 0 Å². The lowest BCUT2D eigenvalue weighted by molar-refractivity contribution is -0.151. The average molecular weight is 405 g/mol. The van der Waals surface area contributed by atoms with E-state index in [2.05, 4.69) is 15.2 Å². The van der Waals surface area contributed by atoms with Gasteiger partial charge in [0.25, 0.3) is 17.0 Å². The molecule has 1 aromatic heterocycles. The summed E-state index contributed by atoms with van der Waals surface area (Å²) in [4.78, 5) is 60.1. The Bertz CT molecular complexity index is 1020. The fraction of sp³-hybridized carbons (Fsp3) is 0.421. The predicted molar refractivity (Wildman–Crippen MR) is 103 cm³/mol. The maximum atomic E-state index is 12.4. The van der Waals surface area contributed by atoms with Gasteiger partial charge in [0.15, 0.2) is 6.61 Å². The van der Waals surface area contributed by atoms with Gasteiger partial charge in [0.2, 0.25) is 0 Å². The van der Waals surface area contributed by atoms with Crippen molar-refractivity contribution in [3.8, 4) is 0 Å². The summed E-state index contributed by atoms with van der Waals surface area (Å²) >= 11 is 0. The van der Waals surface area contributed by atoms with Gasteiger partial charge in [-0.2, -0.15) is 0 Å². The fourth-order valence-corrected chi connectivity index (χ4v) is 2.74. The molecule has 1 aromatic carbocycles. The highest BCUT2D eigenvalue weighted by molar-refractivity contribution is 5.86. The first kappa shape index (κ1) is 21.9.